The topological polar surface area (TPSA) is 41.6 Å². The molecule has 16 heavy (non-hydrogen) atoms. The number of amides is 1. The van der Waals surface area contributed by atoms with Crippen molar-refractivity contribution in [2.45, 2.75) is 6.42 Å². The molecule has 1 aromatic carbocycles. The number of nitrogens with one attached hydrogen (secondary N) is 1. The lowest BCUT2D eigenvalue weighted by Gasteiger charge is -2.12. The molecule has 0 atom stereocenters. The van der Waals surface area contributed by atoms with Gasteiger partial charge in [-0.15, -0.1) is 0 Å². The first-order valence-corrected chi connectivity index (χ1v) is 5.31. The molecule has 4 nitrogen and oxygen atoms in total. The molecule has 1 rings (SSSR count). The molecule has 1 N–H and O–H groups in total. The quantitative estimate of drug-likeness (QED) is 0.800. The van der Waals surface area contributed by atoms with Crippen LogP contribution in [0.5, 0.6) is 5.75 Å². The molecule has 0 aliphatic heterocycles. The fourth-order valence-corrected chi connectivity index (χ4v) is 1.30. The molecule has 0 aliphatic rings. The SMILES string of the molecule is CN(C)NC(=O)CCOc1cccc(Cl)c1. The van der Waals surface area contributed by atoms with E-state index in [2.05, 4.69) is 5.43 Å². The zero-order valence-electron chi connectivity index (χ0n) is 9.37. The van der Waals surface area contributed by atoms with Crippen LogP contribution in [0.15, 0.2) is 24.3 Å². The fourth-order valence-electron chi connectivity index (χ4n) is 1.12. The predicted molar refractivity (Wildman–Crippen MR) is 63.4 cm³/mol. The van der Waals surface area contributed by atoms with Crippen LogP contribution in [0.1, 0.15) is 6.42 Å². The van der Waals surface area contributed by atoms with Gasteiger partial charge in [-0.25, -0.2) is 5.01 Å². The molecule has 88 valence electrons. The molecule has 1 aromatic rings. The number of hydrazine groups is 1. The van der Waals surface area contributed by atoms with E-state index >= 15 is 0 Å². The van der Waals surface area contributed by atoms with E-state index in [-0.39, 0.29) is 5.91 Å². The second kappa shape index (κ2) is 6.35. The lowest BCUT2D eigenvalue weighted by Crippen LogP contribution is -2.36. The number of carbonyl (C=O) groups excluding carboxylic acids is 1. The molecular weight excluding hydrogens is 228 g/mol. The normalized spacial score (nSPS) is 10.2. The highest BCUT2D eigenvalue weighted by Crippen LogP contribution is 2.16. The van der Waals surface area contributed by atoms with Gasteiger partial charge in [-0.1, -0.05) is 17.7 Å². The maximum Gasteiger partial charge on any atom is 0.237 e. The van der Waals surface area contributed by atoms with E-state index < -0.39 is 0 Å². The summed E-state index contributed by atoms with van der Waals surface area (Å²) in [7, 11) is 3.52. The maximum atomic E-state index is 11.3. The Hall–Kier alpha value is -1.26. The molecule has 0 radical (unpaired) electrons. The van der Waals surface area contributed by atoms with Gasteiger partial charge < -0.3 is 4.74 Å². The highest BCUT2D eigenvalue weighted by Gasteiger charge is 2.02. The van der Waals surface area contributed by atoms with E-state index in [0.717, 1.165) is 0 Å². The average Bonchev–Trinajstić information content (AvgIpc) is 2.16. The van der Waals surface area contributed by atoms with Crippen LogP contribution in [0.25, 0.3) is 0 Å². The van der Waals surface area contributed by atoms with Crippen LogP contribution in [0.3, 0.4) is 0 Å². The van der Waals surface area contributed by atoms with Crippen molar-refractivity contribution in [2.75, 3.05) is 20.7 Å². The van der Waals surface area contributed by atoms with Gasteiger partial charge in [-0.2, -0.15) is 0 Å². The van der Waals surface area contributed by atoms with Crippen LogP contribution in [-0.2, 0) is 4.79 Å². The molecule has 0 saturated heterocycles. The summed E-state index contributed by atoms with van der Waals surface area (Å²) >= 11 is 5.79. The number of ether oxygens (including phenoxy) is 1. The number of rotatable bonds is 5. The monoisotopic (exact) mass is 242 g/mol. The van der Waals surface area contributed by atoms with Crippen molar-refractivity contribution in [3.8, 4) is 5.75 Å². The van der Waals surface area contributed by atoms with Crippen LogP contribution >= 0.6 is 11.6 Å². The molecule has 0 spiro atoms. The first-order valence-electron chi connectivity index (χ1n) is 4.93. The van der Waals surface area contributed by atoms with E-state index in [0.29, 0.717) is 23.8 Å². The Balaban J connectivity index is 2.28. The maximum absolute atomic E-state index is 11.3. The van der Waals surface area contributed by atoms with Gasteiger partial charge in [0.05, 0.1) is 13.0 Å². The Labute approximate surface area is 100 Å². The summed E-state index contributed by atoms with van der Waals surface area (Å²) in [6.45, 7) is 0.333. The largest absolute Gasteiger partial charge is 0.493 e. The van der Waals surface area contributed by atoms with Crippen LogP contribution in [0.2, 0.25) is 5.02 Å². The molecule has 0 aliphatic carbocycles. The number of hydrogen-bond acceptors (Lipinski definition) is 3. The van der Waals surface area contributed by atoms with Crippen molar-refractivity contribution in [1.29, 1.82) is 0 Å². The number of nitrogens with zero attached hydrogens (tertiary/aromatic N) is 1. The van der Waals surface area contributed by atoms with Crippen molar-refractivity contribution in [2.24, 2.45) is 0 Å². The van der Waals surface area contributed by atoms with Crippen LogP contribution in [0.4, 0.5) is 0 Å². The number of hydrogen-bond donors (Lipinski definition) is 1. The van der Waals surface area contributed by atoms with Gasteiger partial charge >= 0.3 is 0 Å². The van der Waals surface area contributed by atoms with Gasteiger partial charge in [0.25, 0.3) is 0 Å². The second-order valence-electron chi connectivity index (χ2n) is 3.49. The Morgan fingerprint density at radius 2 is 2.25 bits per heavy atom. The molecule has 0 saturated carbocycles. The number of carbonyl (C=O) groups is 1. The fraction of sp³-hybridized carbons (Fsp3) is 0.364. The molecule has 0 unspecified atom stereocenters. The number of halogens is 1. The summed E-state index contributed by atoms with van der Waals surface area (Å²) in [5, 5.41) is 2.22. The number of benzene rings is 1. The van der Waals surface area contributed by atoms with E-state index in [1.165, 1.54) is 0 Å². The van der Waals surface area contributed by atoms with Crippen molar-refractivity contribution in [3.05, 3.63) is 29.3 Å². The van der Waals surface area contributed by atoms with Crippen LogP contribution in [0, 0.1) is 0 Å². The zero-order chi connectivity index (χ0) is 12.0. The Bertz CT molecular complexity index is 356. The van der Waals surface area contributed by atoms with Gasteiger partial charge in [0.2, 0.25) is 5.91 Å². The van der Waals surface area contributed by atoms with E-state index in [1.54, 1.807) is 43.4 Å². The van der Waals surface area contributed by atoms with Crippen LogP contribution in [-0.4, -0.2) is 31.6 Å². The molecule has 0 aromatic heterocycles. The summed E-state index contributed by atoms with van der Waals surface area (Å²) in [4.78, 5) is 11.3. The molecule has 0 fully saturated rings. The van der Waals surface area contributed by atoms with Gasteiger partial charge in [0.15, 0.2) is 0 Å². The minimum absolute atomic E-state index is 0.0768. The highest BCUT2D eigenvalue weighted by molar-refractivity contribution is 6.30. The third kappa shape index (κ3) is 5.00. The molecule has 5 heteroatoms. The predicted octanol–water partition coefficient (Wildman–Crippen LogP) is 1.70. The smallest absolute Gasteiger partial charge is 0.237 e. The molecular formula is C11H15ClN2O2. The Morgan fingerprint density at radius 1 is 1.50 bits per heavy atom. The summed E-state index contributed by atoms with van der Waals surface area (Å²) in [5.74, 6) is 0.595. The van der Waals surface area contributed by atoms with Crippen LogP contribution < -0.4 is 10.2 Å². The lowest BCUT2D eigenvalue weighted by atomic mass is 10.3. The first kappa shape index (κ1) is 12.8. The van der Waals surface area contributed by atoms with Crippen molar-refractivity contribution >= 4 is 17.5 Å². The summed E-state index contributed by atoms with van der Waals surface area (Å²) in [6, 6.07) is 7.09. The summed E-state index contributed by atoms with van der Waals surface area (Å²) < 4.78 is 5.38. The molecule has 1 amide bonds. The standard InChI is InChI=1S/C11H15ClN2O2/c1-14(2)13-11(15)6-7-16-10-5-3-4-9(12)8-10/h3-5,8H,6-7H2,1-2H3,(H,13,15). The molecule has 0 bridgehead atoms. The highest BCUT2D eigenvalue weighted by atomic mass is 35.5. The van der Waals surface area contributed by atoms with Gasteiger partial charge in [0.1, 0.15) is 5.75 Å². The lowest BCUT2D eigenvalue weighted by molar-refractivity contribution is -0.125. The van der Waals surface area contributed by atoms with Gasteiger partial charge in [-0.3, -0.25) is 10.2 Å². The van der Waals surface area contributed by atoms with E-state index in [1.807, 2.05) is 0 Å². The third-order valence-electron chi connectivity index (χ3n) is 1.74. The summed E-state index contributed by atoms with van der Waals surface area (Å²) in [6.07, 6.45) is 0.310. The Kier molecular flexibility index (Phi) is 5.08. The minimum Gasteiger partial charge on any atom is -0.493 e. The summed E-state index contributed by atoms with van der Waals surface area (Å²) in [5.41, 5.74) is 2.63. The first-order chi connectivity index (χ1) is 7.58. The van der Waals surface area contributed by atoms with Crippen molar-refractivity contribution in [3.63, 3.8) is 0 Å². The van der Waals surface area contributed by atoms with Crippen molar-refractivity contribution in [1.82, 2.24) is 10.4 Å². The van der Waals surface area contributed by atoms with Gasteiger partial charge in [0, 0.05) is 19.1 Å². The Morgan fingerprint density at radius 3 is 2.88 bits per heavy atom. The van der Waals surface area contributed by atoms with E-state index in [4.69, 9.17) is 16.3 Å². The van der Waals surface area contributed by atoms with E-state index in [9.17, 15) is 4.79 Å². The van der Waals surface area contributed by atoms with Crippen molar-refractivity contribution < 1.29 is 9.53 Å². The molecule has 0 heterocycles. The second-order valence-corrected chi connectivity index (χ2v) is 3.92. The average molecular weight is 243 g/mol. The third-order valence-corrected chi connectivity index (χ3v) is 1.98. The zero-order valence-corrected chi connectivity index (χ0v) is 10.1. The van der Waals surface area contributed by atoms with Gasteiger partial charge in [-0.05, 0) is 18.2 Å². The minimum atomic E-state index is -0.0768.